The molecule has 8 nitrogen and oxygen atoms in total. The Balaban J connectivity index is 1.13. The summed E-state index contributed by atoms with van der Waals surface area (Å²) in [5, 5.41) is 3.30. The van der Waals surface area contributed by atoms with Gasteiger partial charge in [0.1, 0.15) is 12.0 Å². The molecule has 7 rings (SSSR count). The highest BCUT2D eigenvalue weighted by molar-refractivity contribution is 5.88. The van der Waals surface area contributed by atoms with Gasteiger partial charge in [-0.05, 0) is 87.7 Å². The fourth-order valence-electron chi connectivity index (χ4n) is 10.1. The maximum atomic E-state index is 15.1. The summed E-state index contributed by atoms with van der Waals surface area (Å²) < 4.78 is 0. The third kappa shape index (κ3) is 8.28. The maximum absolute atomic E-state index is 15.1. The van der Waals surface area contributed by atoms with Crippen LogP contribution >= 0.6 is 0 Å². The van der Waals surface area contributed by atoms with E-state index in [-0.39, 0.29) is 30.4 Å². The molecule has 0 spiro atoms. The van der Waals surface area contributed by atoms with Gasteiger partial charge in [0.15, 0.2) is 0 Å². The number of piperidine rings is 1. The van der Waals surface area contributed by atoms with Crippen LogP contribution in [0.25, 0.3) is 0 Å². The second-order valence-electron chi connectivity index (χ2n) is 16.6. The summed E-state index contributed by atoms with van der Waals surface area (Å²) in [6.07, 6.45) is 10.1. The first kappa shape index (κ1) is 38.2. The molecule has 1 aliphatic carbocycles. The largest absolute Gasteiger partial charge is 0.354 e. The lowest BCUT2D eigenvalue weighted by Crippen LogP contribution is -2.55. The van der Waals surface area contributed by atoms with E-state index in [1.54, 1.807) is 0 Å². The van der Waals surface area contributed by atoms with Crippen molar-refractivity contribution in [3.63, 3.8) is 0 Å². The molecule has 3 aromatic rings. The molecule has 0 radical (unpaired) electrons. The number of benzene rings is 3. The van der Waals surface area contributed by atoms with Crippen LogP contribution < -0.4 is 5.32 Å². The van der Waals surface area contributed by atoms with Crippen molar-refractivity contribution in [1.29, 1.82) is 0 Å². The molecule has 4 fully saturated rings. The number of likely N-dealkylation sites (N-methyl/N-ethyl adjacent to an activating group) is 1. The molecule has 3 heterocycles. The van der Waals surface area contributed by atoms with Crippen LogP contribution in [0, 0.1) is 11.8 Å². The summed E-state index contributed by atoms with van der Waals surface area (Å²) in [4.78, 5) is 50.7. The molecule has 3 aliphatic heterocycles. The average Bonchev–Trinajstić information content (AvgIpc) is 3.86. The van der Waals surface area contributed by atoms with Gasteiger partial charge in [-0.15, -0.1) is 0 Å². The van der Waals surface area contributed by atoms with Crippen LogP contribution in [0.5, 0.6) is 0 Å². The summed E-state index contributed by atoms with van der Waals surface area (Å²) in [6.45, 7) is 5.04. The van der Waals surface area contributed by atoms with Gasteiger partial charge in [0.2, 0.25) is 11.8 Å². The van der Waals surface area contributed by atoms with Gasteiger partial charge in [-0.1, -0.05) is 110 Å². The molecule has 286 valence electrons. The van der Waals surface area contributed by atoms with Gasteiger partial charge in [0, 0.05) is 50.8 Å². The second-order valence-corrected chi connectivity index (χ2v) is 16.6. The Labute approximate surface area is 322 Å². The lowest BCUT2D eigenvalue weighted by molar-refractivity contribution is -0.139. The van der Waals surface area contributed by atoms with Crippen molar-refractivity contribution < 1.29 is 14.4 Å². The van der Waals surface area contributed by atoms with Crippen LogP contribution in [-0.2, 0) is 19.8 Å². The molecule has 1 N–H and O–H groups in total. The van der Waals surface area contributed by atoms with E-state index in [1.165, 1.54) is 38.6 Å². The third-order valence-corrected chi connectivity index (χ3v) is 13.0. The van der Waals surface area contributed by atoms with Crippen molar-refractivity contribution in [2.75, 3.05) is 53.4 Å². The Kier molecular flexibility index (Phi) is 12.5. The monoisotopic (exact) mass is 729 g/mol. The van der Waals surface area contributed by atoms with Gasteiger partial charge in [-0.25, -0.2) is 4.79 Å². The summed E-state index contributed by atoms with van der Waals surface area (Å²) in [5.74, 6) is 3.26. The molecule has 0 bridgehead atoms. The SMILES string of the molecule is CN(C)[C@@H]1C[C@@H](N2CCC(=C=O)[C@@H]2C(=O)NC[C@H]2CCCN(CC3CCCCC3)C2)N(C(=O)CC(c2ccccc2)(c2ccccc2)c2ccccc2)C1. The van der Waals surface area contributed by atoms with Crippen molar-refractivity contribution in [2.24, 2.45) is 11.8 Å². The maximum Gasteiger partial charge on any atom is 0.242 e. The Bertz CT molecular complexity index is 1640. The Morgan fingerprint density at radius 2 is 1.37 bits per heavy atom. The topological polar surface area (TPSA) is 76.2 Å². The number of carbonyl (C=O) groups excluding carboxylic acids is 3. The lowest BCUT2D eigenvalue weighted by Gasteiger charge is -2.40. The number of rotatable bonds is 12. The Hall–Kier alpha value is -4.07. The smallest absolute Gasteiger partial charge is 0.242 e. The van der Waals surface area contributed by atoms with E-state index in [9.17, 15) is 9.59 Å². The van der Waals surface area contributed by atoms with Gasteiger partial charge in [0.05, 0.1) is 11.6 Å². The zero-order valence-corrected chi connectivity index (χ0v) is 32.4. The standard InChI is InChI=1S/C46H59N5O3/c1-48(2)41-28-42(50-27-25-37(34-52)44(50)45(54)47-30-36-18-15-26-49(32-36)31-35-16-7-3-8-17-35)51(33-41)43(53)29-46(38-19-9-4-10-20-38,39-21-11-5-12-22-39)40-23-13-6-14-24-40/h4-6,9-14,19-24,35-36,41-42,44H,3,7-8,15-18,25-33H2,1-2H3,(H,47,54)/t36-,41-,42+,44-/m1/s1. The molecule has 4 aliphatic rings. The Morgan fingerprint density at radius 3 is 1.94 bits per heavy atom. The van der Waals surface area contributed by atoms with E-state index in [0.29, 0.717) is 44.0 Å². The summed E-state index contributed by atoms with van der Waals surface area (Å²) >= 11 is 0. The minimum absolute atomic E-state index is 0.0314. The quantitative estimate of drug-likeness (QED) is 0.179. The number of nitrogens with zero attached hydrogens (tertiary/aromatic N) is 4. The molecule has 54 heavy (non-hydrogen) atoms. The molecule has 3 aromatic carbocycles. The summed E-state index contributed by atoms with van der Waals surface area (Å²) in [5.41, 5.74) is 2.92. The predicted molar refractivity (Wildman–Crippen MR) is 214 cm³/mol. The number of hydrogen-bond acceptors (Lipinski definition) is 6. The number of carbonyl (C=O) groups is 2. The molecule has 3 saturated heterocycles. The van der Waals surface area contributed by atoms with Crippen LogP contribution in [0.2, 0.25) is 0 Å². The zero-order valence-electron chi connectivity index (χ0n) is 32.4. The molecule has 1 saturated carbocycles. The normalized spacial score (nSPS) is 24.5. The molecule has 0 unspecified atom stereocenters. The second kappa shape index (κ2) is 17.6. The summed E-state index contributed by atoms with van der Waals surface area (Å²) in [7, 11) is 4.12. The van der Waals surface area contributed by atoms with Crippen LogP contribution in [0.3, 0.4) is 0 Å². The Morgan fingerprint density at radius 1 is 0.778 bits per heavy atom. The zero-order chi connectivity index (χ0) is 37.5. The molecule has 0 aromatic heterocycles. The van der Waals surface area contributed by atoms with Crippen molar-refractivity contribution in [1.82, 2.24) is 24.9 Å². The lowest BCUT2D eigenvalue weighted by atomic mass is 9.67. The predicted octanol–water partition coefficient (Wildman–Crippen LogP) is 6.14. The highest BCUT2D eigenvalue weighted by Crippen LogP contribution is 2.44. The van der Waals surface area contributed by atoms with Gasteiger partial charge in [0.25, 0.3) is 0 Å². The first-order valence-corrected chi connectivity index (χ1v) is 20.5. The molecule has 8 heteroatoms. The highest BCUT2D eigenvalue weighted by Gasteiger charge is 2.49. The van der Waals surface area contributed by atoms with Crippen molar-refractivity contribution >= 4 is 17.8 Å². The summed E-state index contributed by atoms with van der Waals surface area (Å²) in [6, 6.07) is 30.5. The minimum atomic E-state index is -0.734. The van der Waals surface area contributed by atoms with Crippen LogP contribution in [0.1, 0.15) is 80.9 Å². The van der Waals surface area contributed by atoms with E-state index >= 15 is 4.79 Å². The van der Waals surface area contributed by atoms with Crippen LogP contribution in [0.15, 0.2) is 96.6 Å². The van der Waals surface area contributed by atoms with E-state index in [0.717, 1.165) is 48.5 Å². The first-order chi connectivity index (χ1) is 26.4. The van der Waals surface area contributed by atoms with E-state index < -0.39 is 11.5 Å². The van der Waals surface area contributed by atoms with Crippen LogP contribution in [0.4, 0.5) is 0 Å². The van der Waals surface area contributed by atoms with E-state index in [1.807, 2.05) is 59.5 Å². The third-order valence-electron chi connectivity index (χ3n) is 13.0. The fraction of sp³-hybridized carbons (Fsp3) is 0.522. The van der Waals surface area contributed by atoms with Gasteiger partial charge in [-0.3, -0.25) is 14.5 Å². The molecule has 4 atom stereocenters. The minimum Gasteiger partial charge on any atom is -0.354 e. The van der Waals surface area contributed by atoms with E-state index in [2.05, 4.69) is 76.5 Å². The number of likely N-dealkylation sites (tertiary alicyclic amines) is 3. The van der Waals surface area contributed by atoms with Gasteiger partial charge >= 0.3 is 0 Å². The number of nitrogens with one attached hydrogen (secondary N) is 1. The van der Waals surface area contributed by atoms with Crippen molar-refractivity contribution in [2.45, 2.75) is 87.9 Å². The van der Waals surface area contributed by atoms with Crippen LogP contribution in [-0.4, -0.2) is 109 Å². The number of hydrogen-bond donors (Lipinski definition) is 1. The average molecular weight is 730 g/mol. The first-order valence-electron chi connectivity index (χ1n) is 20.5. The van der Waals surface area contributed by atoms with Gasteiger partial charge in [-0.2, -0.15) is 0 Å². The van der Waals surface area contributed by atoms with Gasteiger partial charge < -0.3 is 20.0 Å². The van der Waals surface area contributed by atoms with Crippen molar-refractivity contribution in [3.05, 3.63) is 113 Å². The van der Waals surface area contributed by atoms with Crippen molar-refractivity contribution in [3.8, 4) is 0 Å². The molecule has 2 amide bonds. The molecular formula is C46H59N5O3. The molecular weight excluding hydrogens is 671 g/mol. The van der Waals surface area contributed by atoms with E-state index in [4.69, 9.17) is 0 Å². The number of amides is 2. The highest BCUT2D eigenvalue weighted by atomic mass is 16.2. The fourth-order valence-corrected chi connectivity index (χ4v) is 10.1.